The molecule has 0 saturated heterocycles. The Morgan fingerprint density at radius 2 is 2.10 bits per heavy atom. The molecule has 0 amide bonds. The van der Waals surface area contributed by atoms with Crippen LogP contribution >= 0.6 is 0 Å². The number of carbonyl (C=O) groups is 1. The highest BCUT2D eigenvalue weighted by Crippen LogP contribution is 2.34. The average molecular weight is 309 g/mol. The number of rotatable bonds is 6. The summed E-state index contributed by atoms with van der Waals surface area (Å²) in [5.74, 6) is -2.60. The molecular weight excluding hydrogens is 299 g/mol. The minimum atomic E-state index is -5.00. The Morgan fingerprint density at radius 1 is 1.48 bits per heavy atom. The van der Waals surface area contributed by atoms with Crippen molar-refractivity contribution in [2.45, 2.75) is 25.8 Å². The van der Waals surface area contributed by atoms with Crippen molar-refractivity contribution in [1.29, 1.82) is 0 Å². The minimum absolute atomic E-state index is 0.0211. The van der Waals surface area contributed by atoms with Crippen LogP contribution in [0.4, 0.5) is 18.9 Å². The Balaban J connectivity index is 3.10. The number of carboxylic acids is 1. The maximum Gasteiger partial charge on any atom is 0.573 e. The third kappa shape index (κ3) is 4.82. The molecule has 1 aromatic rings. The summed E-state index contributed by atoms with van der Waals surface area (Å²) in [4.78, 5) is 20.6. The number of nitro groups is 1. The molecule has 0 heterocycles. The van der Waals surface area contributed by atoms with Gasteiger partial charge in [-0.1, -0.05) is 6.92 Å². The highest BCUT2D eigenvalue weighted by molar-refractivity contribution is 5.73. The van der Waals surface area contributed by atoms with Crippen LogP contribution in [0.2, 0.25) is 0 Å². The Hall–Kier alpha value is -2.52. The summed E-state index contributed by atoms with van der Waals surface area (Å²) in [6.07, 6.45) is -6.32. The first-order chi connectivity index (χ1) is 9.64. The largest absolute Gasteiger partial charge is 0.573 e. The van der Waals surface area contributed by atoms with Gasteiger partial charge in [0.1, 0.15) is 5.75 Å². The lowest BCUT2D eigenvalue weighted by Gasteiger charge is -2.14. The molecule has 1 atom stereocenters. The van der Waals surface area contributed by atoms with Crippen LogP contribution in [-0.2, 0) is 4.79 Å². The van der Waals surface area contributed by atoms with E-state index in [0.29, 0.717) is 6.07 Å². The Labute approximate surface area is 116 Å². The van der Waals surface area contributed by atoms with Gasteiger partial charge >= 0.3 is 18.0 Å². The zero-order valence-electron chi connectivity index (χ0n) is 10.6. The van der Waals surface area contributed by atoms with Crippen molar-refractivity contribution in [2.75, 3.05) is 0 Å². The first-order valence-electron chi connectivity index (χ1n) is 5.57. The summed E-state index contributed by atoms with van der Waals surface area (Å²) in [5.41, 5.74) is -0.823. The van der Waals surface area contributed by atoms with Crippen LogP contribution < -0.4 is 9.47 Å². The van der Waals surface area contributed by atoms with E-state index in [9.17, 15) is 28.1 Å². The van der Waals surface area contributed by atoms with Gasteiger partial charge in [0.05, 0.1) is 11.0 Å². The fraction of sp³-hybridized carbons (Fsp3) is 0.364. The van der Waals surface area contributed by atoms with Gasteiger partial charge in [0, 0.05) is 0 Å². The van der Waals surface area contributed by atoms with E-state index in [1.165, 1.54) is 6.92 Å². The van der Waals surface area contributed by atoms with E-state index < -0.39 is 40.5 Å². The molecule has 10 heteroatoms. The van der Waals surface area contributed by atoms with Crippen molar-refractivity contribution in [3.8, 4) is 11.5 Å². The molecule has 0 aliphatic carbocycles. The standard InChI is InChI=1S/C11H10F3NO6/c1-2-8(10(16)17)20-9-4-3-6(21-11(12,13)14)5-7(9)15(18)19/h3-5,8H,2H2,1H3,(H,16,17). The van der Waals surface area contributed by atoms with Crippen LogP contribution in [0.5, 0.6) is 11.5 Å². The quantitative estimate of drug-likeness (QED) is 0.640. The molecule has 7 nitrogen and oxygen atoms in total. The van der Waals surface area contributed by atoms with Gasteiger partial charge in [-0.2, -0.15) is 0 Å². The van der Waals surface area contributed by atoms with Gasteiger partial charge in [0.25, 0.3) is 0 Å². The van der Waals surface area contributed by atoms with Crippen LogP contribution in [0.25, 0.3) is 0 Å². The number of nitrogens with zero attached hydrogens (tertiary/aromatic N) is 1. The molecule has 1 rings (SSSR count). The Kier molecular flexibility index (Phi) is 4.95. The second-order valence-electron chi connectivity index (χ2n) is 3.79. The molecule has 0 spiro atoms. The molecule has 1 unspecified atom stereocenters. The van der Waals surface area contributed by atoms with Gasteiger partial charge < -0.3 is 14.6 Å². The monoisotopic (exact) mass is 309 g/mol. The molecule has 0 aliphatic rings. The summed E-state index contributed by atoms with van der Waals surface area (Å²) in [5, 5.41) is 19.6. The van der Waals surface area contributed by atoms with Crippen molar-refractivity contribution in [3.05, 3.63) is 28.3 Å². The zero-order valence-corrected chi connectivity index (χ0v) is 10.6. The highest BCUT2D eigenvalue weighted by Gasteiger charge is 2.32. The lowest BCUT2D eigenvalue weighted by atomic mass is 10.2. The second-order valence-corrected chi connectivity index (χ2v) is 3.79. The minimum Gasteiger partial charge on any atom is -0.479 e. The maximum absolute atomic E-state index is 12.0. The first-order valence-corrected chi connectivity index (χ1v) is 5.57. The van der Waals surface area contributed by atoms with Gasteiger partial charge in [-0.25, -0.2) is 4.79 Å². The smallest absolute Gasteiger partial charge is 0.479 e. The molecule has 0 aliphatic heterocycles. The molecule has 0 radical (unpaired) electrons. The number of hydrogen-bond acceptors (Lipinski definition) is 5. The number of aliphatic carboxylic acids is 1. The van der Waals surface area contributed by atoms with Crippen molar-refractivity contribution in [1.82, 2.24) is 0 Å². The predicted molar refractivity (Wildman–Crippen MR) is 62.1 cm³/mol. The van der Waals surface area contributed by atoms with E-state index in [4.69, 9.17) is 9.84 Å². The normalized spacial score (nSPS) is 12.6. The van der Waals surface area contributed by atoms with Crippen molar-refractivity contribution >= 4 is 11.7 Å². The second kappa shape index (κ2) is 6.29. The molecule has 0 aromatic heterocycles. The molecule has 1 N–H and O–H groups in total. The number of hydrogen-bond donors (Lipinski definition) is 1. The lowest BCUT2D eigenvalue weighted by Crippen LogP contribution is -2.26. The number of benzene rings is 1. The van der Waals surface area contributed by atoms with Crippen LogP contribution in [-0.4, -0.2) is 28.5 Å². The predicted octanol–water partition coefficient (Wildman–Crippen LogP) is 2.74. The summed E-state index contributed by atoms with van der Waals surface area (Å²) >= 11 is 0. The lowest BCUT2D eigenvalue weighted by molar-refractivity contribution is -0.386. The molecule has 0 fully saturated rings. The third-order valence-electron chi connectivity index (χ3n) is 2.28. The number of nitro benzene ring substituents is 1. The zero-order chi connectivity index (χ0) is 16.2. The van der Waals surface area contributed by atoms with Gasteiger partial charge in [-0.15, -0.1) is 13.2 Å². The van der Waals surface area contributed by atoms with E-state index >= 15 is 0 Å². The van der Waals surface area contributed by atoms with Gasteiger partial charge in [-0.05, 0) is 18.6 Å². The summed E-state index contributed by atoms with van der Waals surface area (Å²) in [6.45, 7) is 1.48. The molecule has 21 heavy (non-hydrogen) atoms. The Bertz CT molecular complexity index is 545. The molecule has 0 bridgehead atoms. The van der Waals surface area contributed by atoms with Crippen LogP contribution in [0, 0.1) is 10.1 Å². The average Bonchev–Trinajstić information content (AvgIpc) is 2.34. The first kappa shape index (κ1) is 16.5. The fourth-order valence-corrected chi connectivity index (χ4v) is 1.40. The Morgan fingerprint density at radius 3 is 2.52 bits per heavy atom. The third-order valence-corrected chi connectivity index (χ3v) is 2.28. The van der Waals surface area contributed by atoms with Crippen LogP contribution in [0.15, 0.2) is 18.2 Å². The van der Waals surface area contributed by atoms with Crippen LogP contribution in [0.3, 0.4) is 0 Å². The molecule has 0 saturated carbocycles. The fourth-order valence-electron chi connectivity index (χ4n) is 1.40. The van der Waals surface area contributed by atoms with Crippen LogP contribution in [0.1, 0.15) is 13.3 Å². The van der Waals surface area contributed by atoms with Crippen molar-refractivity contribution in [3.63, 3.8) is 0 Å². The van der Waals surface area contributed by atoms with E-state index in [1.807, 2.05) is 0 Å². The molecule has 116 valence electrons. The number of alkyl halides is 3. The van der Waals surface area contributed by atoms with E-state index in [-0.39, 0.29) is 6.42 Å². The number of carboxylic acid groups (broad SMARTS) is 1. The van der Waals surface area contributed by atoms with Gasteiger partial charge in [0.15, 0.2) is 11.9 Å². The van der Waals surface area contributed by atoms with E-state index in [0.717, 1.165) is 12.1 Å². The van der Waals surface area contributed by atoms with Gasteiger partial charge in [0.2, 0.25) is 0 Å². The van der Waals surface area contributed by atoms with E-state index in [1.54, 1.807) is 0 Å². The van der Waals surface area contributed by atoms with Crippen molar-refractivity contribution in [2.24, 2.45) is 0 Å². The molecular formula is C11H10F3NO6. The number of halogens is 3. The molecule has 1 aromatic carbocycles. The highest BCUT2D eigenvalue weighted by atomic mass is 19.4. The van der Waals surface area contributed by atoms with Crippen molar-refractivity contribution < 1.29 is 37.5 Å². The van der Waals surface area contributed by atoms with Gasteiger partial charge in [-0.3, -0.25) is 10.1 Å². The SMILES string of the molecule is CCC(Oc1ccc(OC(F)(F)F)cc1[N+](=O)[O-])C(=O)O. The maximum atomic E-state index is 12.0. The topological polar surface area (TPSA) is 98.9 Å². The summed E-state index contributed by atoms with van der Waals surface area (Å²) in [6, 6.07) is 2.16. The van der Waals surface area contributed by atoms with E-state index in [2.05, 4.69) is 4.74 Å². The number of ether oxygens (including phenoxy) is 2. The summed E-state index contributed by atoms with van der Waals surface area (Å²) in [7, 11) is 0. The summed E-state index contributed by atoms with van der Waals surface area (Å²) < 4.78 is 44.6.